The number of carbonyl (C=O) groups is 1. The Morgan fingerprint density at radius 3 is 2.19 bits per heavy atom. The number of amides is 1. The lowest BCUT2D eigenvalue weighted by Crippen LogP contribution is -2.20. The molecule has 1 N–H and O–H groups in total. The van der Waals surface area contributed by atoms with Crippen molar-refractivity contribution >= 4 is 5.91 Å². The minimum absolute atomic E-state index is 0.00810. The van der Waals surface area contributed by atoms with Crippen LogP contribution in [0.4, 0.5) is 0 Å². The lowest BCUT2D eigenvalue weighted by molar-refractivity contribution is -0.121. The Balaban J connectivity index is 3.01. The zero-order valence-electron chi connectivity index (χ0n) is 10.5. The molecule has 0 aromatic carbocycles. The Kier molecular flexibility index (Phi) is 10.4. The van der Waals surface area contributed by atoms with Crippen LogP contribution in [0.1, 0.15) is 20.3 Å². The van der Waals surface area contributed by atoms with Crippen LogP contribution in [0.5, 0.6) is 0 Å². The van der Waals surface area contributed by atoms with Gasteiger partial charge in [0.25, 0.3) is 0 Å². The predicted molar refractivity (Wildman–Crippen MR) is 61.4 cm³/mol. The van der Waals surface area contributed by atoms with Crippen molar-refractivity contribution in [2.24, 2.45) is 0 Å². The van der Waals surface area contributed by atoms with E-state index in [0.29, 0.717) is 39.5 Å². The van der Waals surface area contributed by atoms with Gasteiger partial charge in [-0.05, 0) is 13.8 Å². The molecule has 0 radical (unpaired) electrons. The minimum Gasteiger partial charge on any atom is -0.379 e. The summed E-state index contributed by atoms with van der Waals surface area (Å²) in [6.45, 7) is 6.65. The maximum atomic E-state index is 10.8. The molecule has 0 saturated carbocycles. The monoisotopic (exact) mass is 233 g/mol. The van der Waals surface area contributed by atoms with Crippen molar-refractivity contribution in [3.05, 3.63) is 0 Å². The van der Waals surface area contributed by atoms with E-state index in [4.69, 9.17) is 14.2 Å². The molecule has 96 valence electrons. The van der Waals surface area contributed by atoms with E-state index in [1.807, 2.05) is 13.8 Å². The van der Waals surface area contributed by atoms with Crippen molar-refractivity contribution in [1.29, 1.82) is 0 Å². The number of hydrogen-bond acceptors (Lipinski definition) is 4. The fraction of sp³-hybridized carbons (Fsp3) is 0.909. The molecule has 0 aliphatic rings. The third-order valence-electron chi connectivity index (χ3n) is 1.80. The van der Waals surface area contributed by atoms with E-state index in [2.05, 4.69) is 5.32 Å². The highest BCUT2D eigenvalue weighted by atomic mass is 16.5. The molecule has 0 bridgehead atoms. The summed E-state index contributed by atoms with van der Waals surface area (Å²) in [4.78, 5) is 10.8. The van der Waals surface area contributed by atoms with Crippen molar-refractivity contribution in [3.8, 4) is 0 Å². The van der Waals surface area contributed by atoms with Gasteiger partial charge in [0, 0.05) is 13.5 Å². The maximum Gasteiger partial charge on any atom is 0.222 e. The number of nitrogens with one attached hydrogen (secondary N) is 1. The molecule has 0 heterocycles. The van der Waals surface area contributed by atoms with E-state index in [1.165, 1.54) is 0 Å². The molecule has 16 heavy (non-hydrogen) atoms. The standard InChI is InChI=1S/C11H23NO4/c1-10(2)16-9-8-15-7-6-14-5-4-11(13)12-3/h10H,4-9H2,1-3H3,(H,12,13). The molecule has 5 nitrogen and oxygen atoms in total. The molecule has 1 amide bonds. The third kappa shape index (κ3) is 11.4. The van der Waals surface area contributed by atoms with Crippen LogP contribution in [0.25, 0.3) is 0 Å². The molecule has 0 aliphatic carbocycles. The van der Waals surface area contributed by atoms with Crippen LogP contribution in [0, 0.1) is 0 Å². The van der Waals surface area contributed by atoms with Crippen molar-refractivity contribution in [1.82, 2.24) is 5.32 Å². The van der Waals surface area contributed by atoms with Gasteiger partial charge >= 0.3 is 0 Å². The Labute approximate surface area is 97.4 Å². The van der Waals surface area contributed by atoms with Gasteiger partial charge < -0.3 is 19.5 Å². The normalized spacial score (nSPS) is 10.8. The van der Waals surface area contributed by atoms with Gasteiger partial charge in [0.05, 0.1) is 39.1 Å². The summed E-state index contributed by atoms with van der Waals surface area (Å²) in [6, 6.07) is 0. The minimum atomic E-state index is -0.00810. The van der Waals surface area contributed by atoms with Crippen LogP contribution in [0.3, 0.4) is 0 Å². The van der Waals surface area contributed by atoms with Gasteiger partial charge in [-0.25, -0.2) is 0 Å². The average Bonchev–Trinajstić information content (AvgIpc) is 2.26. The highest BCUT2D eigenvalue weighted by Gasteiger charge is 1.97. The van der Waals surface area contributed by atoms with Crippen LogP contribution >= 0.6 is 0 Å². The molecule has 0 rings (SSSR count). The van der Waals surface area contributed by atoms with E-state index in [0.717, 1.165) is 0 Å². The van der Waals surface area contributed by atoms with Gasteiger partial charge in [-0.1, -0.05) is 0 Å². The van der Waals surface area contributed by atoms with Crippen molar-refractivity contribution < 1.29 is 19.0 Å². The van der Waals surface area contributed by atoms with E-state index in [1.54, 1.807) is 7.05 Å². The predicted octanol–water partition coefficient (Wildman–Crippen LogP) is 0.581. The van der Waals surface area contributed by atoms with Crippen LogP contribution in [0.15, 0.2) is 0 Å². The van der Waals surface area contributed by atoms with Gasteiger partial charge in [0.2, 0.25) is 5.91 Å². The Hall–Kier alpha value is -0.650. The summed E-state index contributed by atoms with van der Waals surface area (Å²) in [6.07, 6.45) is 0.639. The van der Waals surface area contributed by atoms with Gasteiger partial charge in [-0.15, -0.1) is 0 Å². The first-order valence-corrected chi connectivity index (χ1v) is 5.64. The van der Waals surface area contributed by atoms with Crippen LogP contribution < -0.4 is 5.32 Å². The van der Waals surface area contributed by atoms with Crippen molar-refractivity contribution in [3.63, 3.8) is 0 Å². The maximum absolute atomic E-state index is 10.8. The quantitative estimate of drug-likeness (QED) is 0.561. The molecule has 0 fully saturated rings. The summed E-state index contributed by atoms with van der Waals surface area (Å²) in [5, 5.41) is 2.53. The van der Waals surface area contributed by atoms with E-state index in [9.17, 15) is 4.79 Å². The zero-order valence-corrected chi connectivity index (χ0v) is 10.5. The van der Waals surface area contributed by atoms with Crippen LogP contribution in [-0.4, -0.2) is 52.1 Å². The number of rotatable bonds is 10. The van der Waals surface area contributed by atoms with Crippen molar-refractivity contribution in [2.45, 2.75) is 26.4 Å². The highest BCUT2D eigenvalue weighted by Crippen LogP contribution is 1.88. The molecule has 0 unspecified atom stereocenters. The summed E-state index contributed by atoms with van der Waals surface area (Å²) < 4.78 is 15.8. The first kappa shape index (κ1) is 15.3. The molecule has 0 spiro atoms. The summed E-state index contributed by atoms with van der Waals surface area (Å²) in [5.41, 5.74) is 0. The van der Waals surface area contributed by atoms with Crippen molar-refractivity contribution in [2.75, 3.05) is 40.1 Å². The van der Waals surface area contributed by atoms with Gasteiger partial charge in [0.1, 0.15) is 0 Å². The lowest BCUT2D eigenvalue weighted by Gasteiger charge is -2.08. The summed E-state index contributed by atoms with van der Waals surface area (Å²) in [5.74, 6) is -0.00810. The van der Waals surface area contributed by atoms with Gasteiger partial charge in [-0.3, -0.25) is 4.79 Å². The largest absolute Gasteiger partial charge is 0.379 e. The van der Waals surface area contributed by atoms with Gasteiger partial charge in [-0.2, -0.15) is 0 Å². The number of carbonyl (C=O) groups excluding carboxylic acids is 1. The highest BCUT2D eigenvalue weighted by molar-refractivity contribution is 5.75. The molecule has 0 saturated heterocycles. The lowest BCUT2D eigenvalue weighted by atomic mass is 10.4. The molecular formula is C11H23NO4. The average molecular weight is 233 g/mol. The topological polar surface area (TPSA) is 56.8 Å². The van der Waals surface area contributed by atoms with Gasteiger partial charge in [0.15, 0.2) is 0 Å². The molecular weight excluding hydrogens is 210 g/mol. The fourth-order valence-electron chi connectivity index (χ4n) is 0.955. The first-order chi connectivity index (χ1) is 7.66. The zero-order chi connectivity index (χ0) is 12.2. The molecule has 5 heteroatoms. The van der Waals surface area contributed by atoms with Crippen LogP contribution in [0.2, 0.25) is 0 Å². The fourth-order valence-corrected chi connectivity index (χ4v) is 0.955. The first-order valence-electron chi connectivity index (χ1n) is 5.64. The second-order valence-electron chi connectivity index (χ2n) is 3.57. The molecule has 0 aliphatic heterocycles. The molecule has 0 atom stereocenters. The SMILES string of the molecule is CNC(=O)CCOCCOCCOC(C)C. The summed E-state index contributed by atoms with van der Waals surface area (Å²) in [7, 11) is 1.61. The number of ether oxygens (including phenoxy) is 3. The van der Waals surface area contributed by atoms with E-state index < -0.39 is 0 Å². The van der Waals surface area contributed by atoms with E-state index in [-0.39, 0.29) is 12.0 Å². The summed E-state index contributed by atoms with van der Waals surface area (Å²) >= 11 is 0. The third-order valence-corrected chi connectivity index (χ3v) is 1.80. The second kappa shape index (κ2) is 10.9. The Morgan fingerprint density at radius 1 is 1.06 bits per heavy atom. The Bertz CT molecular complexity index is 173. The second-order valence-corrected chi connectivity index (χ2v) is 3.57. The smallest absolute Gasteiger partial charge is 0.222 e. The molecule has 0 aromatic heterocycles. The van der Waals surface area contributed by atoms with E-state index >= 15 is 0 Å². The van der Waals surface area contributed by atoms with Crippen LogP contribution in [-0.2, 0) is 19.0 Å². The molecule has 0 aromatic rings. The Morgan fingerprint density at radius 2 is 1.62 bits per heavy atom. The number of hydrogen-bond donors (Lipinski definition) is 1.